The minimum atomic E-state index is -4.31. The maximum Gasteiger partial charge on any atom is 0.405 e. The molecule has 86 valence electrons. The maximum absolute atomic E-state index is 12.4. The Morgan fingerprint density at radius 2 is 2.20 bits per heavy atom. The highest BCUT2D eigenvalue weighted by Crippen LogP contribution is 2.24. The van der Waals surface area contributed by atoms with Crippen molar-refractivity contribution in [2.24, 2.45) is 5.73 Å². The highest BCUT2D eigenvalue weighted by Gasteiger charge is 2.41. The van der Waals surface area contributed by atoms with Crippen LogP contribution in [0.25, 0.3) is 0 Å². The Morgan fingerprint density at radius 1 is 1.53 bits per heavy atom. The van der Waals surface area contributed by atoms with Gasteiger partial charge in [-0.1, -0.05) is 0 Å². The van der Waals surface area contributed by atoms with Gasteiger partial charge in [-0.15, -0.1) is 0 Å². The van der Waals surface area contributed by atoms with E-state index in [0.717, 1.165) is 4.90 Å². The molecular weight excluding hydrogens is 209 g/mol. The molecule has 1 unspecified atom stereocenters. The minimum absolute atomic E-state index is 0.0916. The Bertz CT molecular complexity index is 284. The average Bonchev–Trinajstić information content (AvgIpc) is 2.54. The molecule has 1 aromatic rings. The van der Waals surface area contributed by atoms with Crippen LogP contribution in [-0.2, 0) is 6.54 Å². The number of halogens is 3. The lowest BCUT2D eigenvalue weighted by molar-refractivity contribution is -0.179. The average molecular weight is 222 g/mol. The lowest BCUT2D eigenvalue weighted by Gasteiger charge is -2.27. The van der Waals surface area contributed by atoms with E-state index >= 15 is 0 Å². The highest BCUT2D eigenvalue weighted by atomic mass is 19.4. The predicted molar refractivity (Wildman–Crippen MR) is 49.1 cm³/mol. The number of nitrogens with two attached hydrogens (primary N) is 1. The topological polar surface area (TPSA) is 42.4 Å². The molecule has 0 radical (unpaired) electrons. The van der Waals surface area contributed by atoms with Crippen molar-refractivity contribution in [3.63, 3.8) is 0 Å². The molecule has 6 heteroatoms. The lowest BCUT2D eigenvalue weighted by atomic mass is 10.2. The maximum atomic E-state index is 12.4. The molecule has 1 rings (SSSR count). The summed E-state index contributed by atoms with van der Waals surface area (Å²) in [5.74, 6) is 0.486. The lowest BCUT2D eigenvalue weighted by Crippen LogP contribution is -2.47. The van der Waals surface area contributed by atoms with E-state index in [-0.39, 0.29) is 6.54 Å². The molecule has 0 amide bonds. The van der Waals surface area contributed by atoms with Crippen molar-refractivity contribution in [3.8, 4) is 0 Å². The van der Waals surface area contributed by atoms with E-state index in [2.05, 4.69) is 0 Å². The highest BCUT2D eigenvalue weighted by molar-refractivity contribution is 4.98. The Hall–Kier alpha value is -1.01. The molecule has 1 heterocycles. The summed E-state index contributed by atoms with van der Waals surface area (Å²) in [5, 5.41) is 0. The Labute approximate surface area is 85.6 Å². The Balaban J connectivity index is 2.62. The summed E-state index contributed by atoms with van der Waals surface area (Å²) in [6, 6.07) is 1.62. The van der Waals surface area contributed by atoms with Gasteiger partial charge in [0.2, 0.25) is 0 Å². The Morgan fingerprint density at radius 3 is 2.60 bits per heavy atom. The van der Waals surface area contributed by atoms with Crippen LogP contribution < -0.4 is 5.73 Å². The molecule has 3 nitrogen and oxygen atoms in total. The predicted octanol–water partition coefficient (Wildman–Crippen LogP) is 1.60. The van der Waals surface area contributed by atoms with Crippen molar-refractivity contribution in [3.05, 3.63) is 24.2 Å². The molecule has 1 atom stereocenters. The van der Waals surface area contributed by atoms with Gasteiger partial charge in [0, 0.05) is 6.54 Å². The van der Waals surface area contributed by atoms with Gasteiger partial charge in [-0.3, -0.25) is 4.90 Å². The summed E-state index contributed by atoms with van der Waals surface area (Å²) >= 11 is 0. The fraction of sp³-hybridized carbons (Fsp3) is 0.556. The Kier molecular flexibility index (Phi) is 3.76. The molecule has 2 N–H and O–H groups in total. The molecule has 0 saturated carbocycles. The molecule has 1 aromatic heterocycles. The second-order valence-corrected chi connectivity index (χ2v) is 3.29. The summed E-state index contributed by atoms with van der Waals surface area (Å²) in [4.78, 5) is 1.12. The number of nitrogens with zero attached hydrogens (tertiary/aromatic N) is 1. The number of likely N-dealkylation sites (N-methyl/N-ethyl adjacent to an activating group) is 1. The van der Waals surface area contributed by atoms with E-state index in [9.17, 15) is 13.2 Å². The largest absolute Gasteiger partial charge is 0.468 e. The quantitative estimate of drug-likeness (QED) is 0.841. The summed E-state index contributed by atoms with van der Waals surface area (Å²) < 4.78 is 42.3. The number of hydrogen-bond donors (Lipinski definition) is 1. The van der Waals surface area contributed by atoms with Crippen LogP contribution in [0.3, 0.4) is 0 Å². The van der Waals surface area contributed by atoms with Crippen LogP contribution in [0.5, 0.6) is 0 Å². The van der Waals surface area contributed by atoms with Gasteiger partial charge in [0.05, 0.1) is 12.8 Å². The minimum Gasteiger partial charge on any atom is -0.468 e. The molecular formula is C9H13F3N2O. The van der Waals surface area contributed by atoms with Crippen molar-refractivity contribution >= 4 is 0 Å². The third kappa shape index (κ3) is 3.24. The molecule has 0 aliphatic carbocycles. The van der Waals surface area contributed by atoms with Gasteiger partial charge in [0.25, 0.3) is 0 Å². The van der Waals surface area contributed by atoms with Crippen LogP contribution in [0.1, 0.15) is 5.76 Å². The first kappa shape index (κ1) is 12.1. The second-order valence-electron chi connectivity index (χ2n) is 3.29. The summed E-state index contributed by atoms with van der Waals surface area (Å²) in [6.07, 6.45) is -2.88. The van der Waals surface area contributed by atoms with Crippen LogP contribution >= 0.6 is 0 Å². The molecule has 0 aliphatic heterocycles. The number of hydrogen-bond acceptors (Lipinski definition) is 3. The standard InChI is InChI=1S/C9H13F3N2O/c1-14(6-7-3-2-4-15-7)8(5-13)9(10,11)12/h2-4,8H,5-6,13H2,1H3. The molecule has 15 heavy (non-hydrogen) atoms. The van der Waals surface area contributed by atoms with Gasteiger partial charge in [0.1, 0.15) is 11.8 Å². The van der Waals surface area contributed by atoms with Gasteiger partial charge in [-0.25, -0.2) is 0 Å². The van der Waals surface area contributed by atoms with E-state index in [1.54, 1.807) is 12.1 Å². The van der Waals surface area contributed by atoms with E-state index in [1.807, 2.05) is 0 Å². The van der Waals surface area contributed by atoms with Gasteiger partial charge in [0.15, 0.2) is 0 Å². The normalized spacial score (nSPS) is 14.5. The van der Waals surface area contributed by atoms with Crippen LogP contribution in [-0.4, -0.2) is 30.7 Å². The third-order valence-corrected chi connectivity index (χ3v) is 2.12. The zero-order chi connectivity index (χ0) is 11.5. The molecule has 0 saturated heterocycles. The zero-order valence-corrected chi connectivity index (χ0v) is 8.29. The second kappa shape index (κ2) is 4.67. The molecule has 0 bridgehead atoms. The number of alkyl halides is 3. The molecule has 0 spiro atoms. The van der Waals surface area contributed by atoms with E-state index in [4.69, 9.17) is 10.2 Å². The first-order chi connectivity index (χ1) is 6.95. The van der Waals surface area contributed by atoms with Gasteiger partial charge in [-0.05, 0) is 19.2 Å². The monoisotopic (exact) mass is 222 g/mol. The van der Waals surface area contributed by atoms with Crippen molar-refractivity contribution in [2.75, 3.05) is 13.6 Å². The fourth-order valence-corrected chi connectivity index (χ4v) is 1.32. The first-order valence-corrected chi connectivity index (χ1v) is 4.44. The van der Waals surface area contributed by atoms with Crippen molar-refractivity contribution in [1.29, 1.82) is 0 Å². The fourth-order valence-electron chi connectivity index (χ4n) is 1.32. The van der Waals surface area contributed by atoms with E-state index in [1.165, 1.54) is 13.3 Å². The zero-order valence-electron chi connectivity index (χ0n) is 8.29. The van der Waals surface area contributed by atoms with Crippen LogP contribution in [0.2, 0.25) is 0 Å². The summed E-state index contributed by atoms with van der Waals surface area (Å²) in [7, 11) is 1.37. The van der Waals surface area contributed by atoms with E-state index in [0.29, 0.717) is 5.76 Å². The van der Waals surface area contributed by atoms with Gasteiger partial charge >= 0.3 is 6.18 Å². The molecule has 0 aliphatic rings. The van der Waals surface area contributed by atoms with Gasteiger partial charge < -0.3 is 10.2 Å². The summed E-state index contributed by atoms with van der Waals surface area (Å²) in [5.41, 5.74) is 5.10. The van der Waals surface area contributed by atoms with Gasteiger partial charge in [-0.2, -0.15) is 13.2 Å². The smallest absolute Gasteiger partial charge is 0.405 e. The van der Waals surface area contributed by atoms with Crippen molar-refractivity contribution in [1.82, 2.24) is 4.90 Å². The number of rotatable bonds is 4. The summed E-state index contributed by atoms with van der Waals surface area (Å²) in [6.45, 7) is -0.366. The van der Waals surface area contributed by atoms with Crippen LogP contribution in [0, 0.1) is 0 Å². The third-order valence-electron chi connectivity index (χ3n) is 2.12. The van der Waals surface area contributed by atoms with E-state index < -0.39 is 18.8 Å². The number of furan rings is 1. The SMILES string of the molecule is CN(Cc1ccco1)C(CN)C(F)(F)F. The van der Waals surface area contributed by atoms with Crippen LogP contribution in [0.15, 0.2) is 22.8 Å². The van der Waals surface area contributed by atoms with Crippen LogP contribution in [0.4, 0.5) is 13.2 Å². The van der Waals surface area contributed by atoms with Crippen molar-refractivity contribution < 1.29 is 17.6 Å². The van der Waals surface area contributed by atoms with Crippen molar-refractivity contribution in [2.45, 2.75) is 18.8 Å². The molecule has 0 aromatic carbocycles. The first-order valence-electron chi connectivity index (χ1n) is 4.44. The molecule has 0 fully saturated rings.